The molecule has 0 heterocycles. The Hall–Kier alpha value is -1.92. The van der Waals surface area contributed by atoms with Crippen LogP contribution in [0.3, 0.4) is 0 Å². The zero-order valence-corrected chi connectivity index (χ0v) is 15.9. The number of amides is 1. The molecule has 0 aliphatic rings. The van der Waals surface area contributed by atoms with Gasteiger partial charge in [0.15, 0.2) is 0 Å². The van der Waals surface area contributed by atoms with Gasteiger partial charge in [0.05, 0.1) is 6.42 Å². The van der Waals surface area contributed by atoms with E-state index >= 15 is 0 Å². The van der Waals surface area contributed by atoms with Crippen LogP contribution in [-0.2, 0) is 10.5 Å². The van der Waals surface area contributed by atoms with Crippen LogP contribution in [0.25, 0.3) is 0 Å². The van der Waals surface area contributed by atoms with Gasteiger partial charge in [-0.3, -0.25) is 9.59 Å². The van der Waals surface area contributed by atoms with Gasteiger partial charge in [0.1, 0.15) is 0 Å². The molecule has 2 aromatic carbocycles. The number of aliphatic carboxylic acids is 1. The van der Waals surface area contributed by atoms with Crippen molar-refractivity contribution < 1.29 is 14.7 Å². The van der Waals surface area contributed by atoms with Gasteiger partial charge < -0.3 is 10.4 Å². The lowest BCUT2D eigenvalue weighted by atomic mass is 10.1. The quantitative estimate of drug-likeness (QED) is 0.518. The number of rotatable bonds is 8. The van der Waals surface area contributed by atoms with Gasteiger partial charge in [-0.25, -0.2) is 0 Å². The highest BCUT2D eigenvalue weighted by Crippen LogP contribution is 2.21. The van der Waals surface area contributed by atoms with Crippen molar-refractivity contribution in [1.29, 1.82) is 0 Å². The average Bonchev–Trinajstić information content (AvgIpc) is 2.59. The first kappa shape index (κ1) is 19.4. The first-order valence-corrected chi connectivity index (χ1v) is 10.2. The van der Waals surface area contributed by atoms with Crippen molar-refractivity contribution in [3.05, 3.63) is 59.2 Å². The average molecular weight is 376 g/mol. The van der Waals surface area contributed by atoms with Crippen LogP contribution in [0.5, 0.6) is 0 Å². The number of carbonyl (C=O) groups is 2. The van der Waals surface area contributed by atoms with Gasteiger partial charge in [0, 0.05) is 27.7 Å². The Labute approximate surface area is 156 Å². The van der Waals surface area contributed by atoms with Gasteiger partial charge in [0.25, 0.3) is 5.91 Å². The molecule has 1 amide bonds. The lowest BCUT2D eigenvalue weighted by Crippen LogP contribution is -2.13. The molecule has 0 saturated carbocycles. The van der Waals surface area contributed by atoms with Crippen LogP contribution in [0.2, 0.25) is 0 Å². The van der Waals surface area contributed by atoms with Gasteiger partial charge >= 0.3 is 5.97 Å². The van der Waals surface area contributed by atoms with Gasteiger partial charge in [-0.15, -0.1) is 11.8 Å². The summed E-state index contributed by atoms with van der Waals surface area (Å²) in [5, 5.41) is 11.6. The second-order valence-corrected chi connectivity index (χ2v) is 7.52. The fraction of sp³-hybridized carbons (Fsp3) is 0.263. The van der Waals surface area contributed by atoms with Crippen molar-refractivity contribution in [3.8, 4) is 0 Å². The molecule has 0 saturated heterocycles. The maximum atomic E-state index is 12.6. The topological polar surface area (TPSA) is 66.4 Å². The summed E-state index contributed by atoms with van der Waals surface area (Å²) in [7, 11) is 0. The largest absolute Gasteiger partial charge is 0.481 e. The fourth-order valence-corrected chi connectivity index (χ4v) is 3.58. The predicted octanol–water partition coefficient (Wildman–Crippen LogP) is 4.68. The normalized spacial score (nSPS) is 10.5. The van der Waals surface area contributed by atoms with Gasteiger partial charge in [0.2, 0.25) is 0 Å². The van der Waals surface area contributed by atoms with E-state index in [1.54, 1.807) is 23.5 Å². The Bertz CT molecular complexity index is 762. The van der Waals surface area contributed by atoms with Crippen molar-refractivity contribution in [2.45, 2.75) is 24.0 Å². The standard InChI is InChI=1S/C19H21NO3S2/c1-13-6-7-16(24-2)11-17(13)19(23)20-15-5-3-4-14(10-15)12-25-9-8-18(21)22/h3-7,10-11H,8-9,12H2,1-2H3,(H,20,23)(H,21,22). The minimum atomic E-state index is -0.781. The van der Waals surface area contributed by atoms with Crippen LogP contribution in [0.1, 0.15) is 27.9 Å². The van der Waals surface area contributed by atoms with Crippen LogP contribution in [0.4, 0.5) is 5.69 Å². The Morgan fingerprint density at radius 2 is 1.96 bits per heavy atom. The SMILES string of the molecule is CSc1ccc(C)c(C(=O)Nc2cccc(CSCCC(=O)O)c2)c1. The molecule has 2 aromatic rings. The van der Waals surface area contributed by atoms with Crippen molar-refractivity contribution in [2.24, 2.45) is 0 Å². The van der Waals surface area contributed by atoms with E-state index in [9.17, 15) is 9.59 Å². The molecule has 0 aliphatic carbocycles. The number of benzene rings is 2. The fourth-order valence-electron chi connectivity index (χ4n) is 2.26. The van der Waals surface area contributed by atoms with Gasteiger partial charge in [-0.05, 0) is 48.6 Å². The summed E-state index contributed by atoms with van der Waals surface area (Å²) in [6.45, 7) is 1.93. The highest BCUT2D eigenvalue weighted by Gasteiger charge is 2.10. The molecule has 0 spiro atoms. The van der Waals surface area contributed by atoms with E-state index in [0.29, 0.717) is 11.3 Å². The van der Waals surface area contributed by atoms with Crippen LogP contribution in [-0.4, -0.2) is 29.0 Å². The molecule has 0 radical (unpaired) electrons. The molecule has 2 N–H and O–H groups in total. The summed E-state index contributed by atoms with van der Waals surface area (Å²) in [5.41, 5.74) is 3.42. The molecular weight excluding hydrogens is 354 g/mol. The number of hydrogen-bond acceptors (Lipinski definition) is 4. The maximum absolute atomic E-state index is 12.6. The molecule has 25 heavy (non-hydrogen) atoms. The van der Waals surface area contributed by atoms with Gasteiger partial charge in [-0.1, -0.05) is 18.2 Å². The number of carboxylic acid groups (broad SMARTS) is 1. The maximum Gasteiger partial charge on any atom is 0.304 e. The summed E-state index contributed by atoms with van der Waals surface area (Å²) in [5.74, 6) is 0.394. The predicted molar refractivity (Wildman–Crippen MR) is 106 cm³/mol. The molecule has 2 rings (SSSR count). The second kappa shape index (κ2) is 9.53. The van der Waals surface area contributed by atoms with E-state index < -0.39 is 5.97 Å². The molecule has 132 valence electrons. The molecule has 0 bridgehead atoms. The van der Waals surface area contributed by atoms with E-state index in [1.807, 2.05) is 55.6 Å². The third-order valence-corrected chi connectivity index (χ3v) is 5.36. The van der Waals surface area contributed by atoms with Crippen LogP contribution in [0.15, 0.2) is 47.4 Å². The van der Waals surface area contributed by atoms with E-state index in [0.717, 1.165) is 27.5 Å². The monoisotopic (exact) mass is 375 g/mol. The van der Waals surface area contributed by atoms with Crippen LogP contribution in [0, 0.1) is 6.92 Å². The first-order chi connectivity index (χ1) is 12.0. The summed E-state index contributed by atoms with van der Waals surface area (Å²) in [6.07, 6.45) is 2.14. The van der Waals surface area contributed by atoms with E-state index in [4.69, 9.17) is 5.11 Å². The lowest BCUT2D eigenvalue weighted by molar-refractivity contribution is -0.136. The van der Waals surface area contributed by atoms with Gasteiger partial charge in [-0.2, -0.15) is 11.8 Å². The van der Waals surface area contributed by atoms with Crippen molar-refractivity contribution in [3.63, 3.8) is 0 Å². The molecule has 0 atom stereocenters. The summed E-state index contributed by atoms with van der Waals surface area (Å²) in [6, 6.07) is 13.5. The van der Waals surface area contributed by atoms with Crippen LogP contribution < -0.4 is 5.32 Å². The number of anilines is 1. The third kappa shape index (κ3) is 6.14. The zero-order chi connectivity index (χ0) is 18.2. The summed E-state index contributed by atoms with van der Waals surface area (Å²) in [4.78, 5) is 24.1. The number of thioether (sulfide) groups is 2. The number of hydrogen-bond donors (Lipinski definition) is 2. The lowest BCUT2D eigenvalue weighted by Gasteiger charge is -2.10. The highest BCUT2D eigenvalue weighted by atomic mass is 32.2. The highest BCUT2D eigenvalue weighted by molar-refractivity contribution is 7.98. The van der Waals surface area contributed by atoms with Crippen LogP contribution >= 0.6 is 23.5 Å². The Balaban J connectivity index is 2.01. The molecule has 6 heteroatoms. The molecular formula is C19H21NO3S2. The Morgan fingerprint density at radius 3 is 2.68 bits per heavy atom. The second-order valence-electron chi connectivity index (χ2n) is 5.53. The number of nitrogens with one attached hydrogen (secondary N) is 1. The minimum Gasteiger partial charge on any atom is -0.481 e. The van der Waals surface area contributed by atoms with E-state index in [2.05, 4.69) is 5.32 Å². The third-order valence-electron chi connectivity index (χ3n) is 3.60. The Kier molecular flexibility index (Phi) is 7.40. The Morgan fingerprint density at radius 1 is 1.16 bits per heavy atom. The molecule has 0 aromatic heterocycles. The first-order valence-electron chi connectivity index (χ1n) is 7.84. The number of aryl methyl sites for hydroxylation is 1. The van der Waals surface area contributed by atoms with Crippen molar-refractivity contribution >= 4 is 41.1 Å². The number of carbonyl (C=O) groups excluding carboxylic acids is 1. The van der Waals surface area contributed by atoms with Crippen molar-refractivity contribution in [2.75, 3.05) is 17.3 Å². The molecule has 4 nitrogen and oxygen atoms in total. The van der Waals surface area contributed by atoms with E-state index in [1.165, 1.54) is 0 Å². The molecule has 0 unspecified atom stereocenters. The zero-order valence-electron chi connectivity index (χ0n) is 14.2. The number of carboxylic acids is 1. The van der Waals surface area contributed by atoms with Crippen molar-refractivity contribution in [1.82, 2.24) is 0 Å². The molecule has 0 aliphatic heterocycles. The summed E-state index contributed by atoms with van der Waals surface area (Å²) < 4.78 is 0. The molecule has 0 fully saturated rings. The smallest absolute Gasteiger partial charge is 0.304 e. The summed E-state index contributed by atoms with van der Waals surface area (Å²) >= 11 is 3.18. The minimum absolute atomic E-state index is 0.121. The van der Waals surface area contributed by atoms with E-state index in [-0.39, 0.29) is 12.3 Å².